The number of carbonyl (C=O) groups excluding carboxylic acids is 4. The third-order valence-corrected chi connectivity index (χ3v) is 5.21. The number of nitrogens with zero attached hydrogens (tertiary/aromatic N) is 2. The van der Waals surface area contributed by atoms with E-state index in [2.05, 4.69) is 0 Å². The van der Waals surface area contributed by atoms with Crippen LogP contribution in [-0.2, 0) is 16.1 Å². The van der Waals surface area contributed by atoms with E-state index in [1.807, 2.05) is 13.0 Å². The fraction of sp³-hybridized carbons (Fsp3) is 0.304. The first-order valence-electron chi connectivity index (χ1n) is 9.92. The largest absolute Gasteiger partial charge is 0.493 e. The lowest BCUT2D eigenvalue weighted by molar-refractivity contribution is -0.134. The molecule has 9 heteroatoms. The molecule has 2 aromatic rings. The summed E-state index contributed by atoms with van der Waals surface area (Å²) in [6, 6.07) is 9.48. The fourth-order valence-corrected chi connectivity index (χ4v) is 3.37. The molecule has 0 bridgehead atoms. The molecule has 3 rings (SSSR count). The summed E-state index contributed by atoms with van der Waals surface area (Å²) >= 11 is 0. The van der Waals surface area contributed by atoms with Crippen LogP contribution in [0.1, 0.15) is 43.6 Å². The minimum Gasteiger partial charge on any atom is -0.493 e. The molecule has 0 unspecified atom stereocenters. The predicted molar refractivity (Wildman–Crippen MR) is 114 cm³/mol. The number of hydrogen-bond acceptors (Lipinski definition) is 7. The summed E-state index contributed by atoms with van der Waals surface area (Å²) in [5.74, 6) is -0.895. The maximum Gasteiger partial charge on any atom is 0.338 e. The second kappa shape index (κ2) is 9.51. The fourth-order valence-electron chi connectivity index (χ4n) is 3.37. The number of amides is 3. The van der Waals surface area contributed by atoms with Gasteiger partial charge in [-0.1, -0.05) is 6.07 Å². The normalized spacial score (nSPS) is 12.4. The Morgan fingerprint density at radius 1 is 0.938 bits per heavy atom. The maximum atomic E-state index is 12.6. The number of hydrogen-bond donors (Lipinski definition) is 0. The Balaban J connectivity index is 1.64. The smallest absolute Gasteiger partial charge is 0.338 e. The molecule has 1 aliphatic rings. The summed E-state index contributed by atoms with van der Waals surface area (Å²) in [6.45, 7) is 2.07. The number of rotatable bonds is 8. The molecule has 0 fully saturated rings. The number of esters is 1. The molecule has 0 radical (unpaired) electrons. The van der Waals surface area contributed by atoms with Gasteiger partial charge in [0, 0.05) is 20.1 Å². The molecule has 0 N–H and O–H groups in total. The zero-order chi connectivity index (χ0) is 23.4. The van der Waals surface area contributed by atoms with Crippen molar-refractivity contribution in [3.8, 4) is 11.5 Å². The van der Waals surface area contributed by atoms with E-state index in [0.29, 0.717) is 24.6 Å². The average Bonchev–Trinajstić information content (AvgIpc) is 3.03. The molecule has 3 amide bonds. The standard InChI is InChI=1S/C23H24N2O7/c1-5-25(12-14-6-9-18(30-3)19(10-14)31-4)20(26)13-32-23(29)15-7-8-16-17(11-15)22(28)24(2)21(16)27/h6-11H,5,12-13H2,1-4H3. The third-order valence-electron chi connectivity index (χ3n) is 5.21. The van der Waals surface area contributed by atoms with Crippen molar-refractivity contribution in [3.63, 3.8) is 0 Å². The van der Waals surface area contributed by atoms with Crippen LogP contribution in [0.15, 0.2) is 36.4 Å². The molecule has 1 heterocycles. The SMILES string of the molecule is CCN(Cc1ccc(OC)c(OC)c1)C(=O)COC(=O)c1ccc2c(c1)C(=O)N(C)C2=O. The second-order valence-corrected chi connectivity index (χ2v) is 7.10. The van der Waals surface area contributed by atoms with Crippen molar-refractivity contribution in [2.45, 2.75) is 13.5 Å². The lowest BCUT2D eigenvalue weighted by atomic mass is 10.1. The lowest BCUT2D eigenvalue weighted by Gasteiger charge is -2.21. The highest BCUT2D eigenvalue weighted by Crippen LogP contribution is 2.28. The van der Waals surface area contributed by atoms with Crippen molar-refractivity contribution >= 4 is 23.7 Å². The Hall–Kier alpha value is -3.88. The van der Waals surface area contributed by atoms with E-state index in [1.165, 1.54) is 37.3 Å². The van der Waals surface area contributed by atoms with Crippen LogP contribution in [0.4, 0.5) is 0 Å². The van der Waals surface area contributed by atoms with Gasteiger partial charge in [-0.05, 0) is 42.8 Å². The summed E-state index contributed by atoms with van der Waals surface area (Å²) < 4.78 is 15.7. The molecule has 2 aromatic carbocycles. The van der Waals surface area contributed by atoms with Gasteiger partial charge < -0.3 is 19.1 Å². The Bertz CT molecular complexity index is 1080. The Morgan fingerprint density at radius 3 is 2.28 bits per heavy atom. The number of ether oxygens (including phenoxy) is 3. The van der Waals surface area contributed by atoms with Crippen LogP contribution in [0.5, 0.6) is 11.5 Å². The van der Waals surface area contributed by atoms with Gasteiger partial charge in [0.1, 0.15) is 0 Å². The van der Waals surface area contributed by atoms with Crippen LogP contribution in [-0.4, -0.2) is 67.9 Å². The lowest BCUT2D eigenvalue weighted by Crippen LogP contribution is -2.34. The Labute approximate surface area is 185 Å². The Kier molecular flexibility index (Phi) is 6.77. The van der Waals surface area contributed by atoms with E-state index in [0.717, 1.165) is 10.5 Å². The van der Waals surface area contributed by atoms with Crippen molar-refractivity contribution in [2.75, 3.05) is 34.4 Å². The molecule has 0 spiro atoms. The summed E-state index contributed by atoms with van der Waals surface area (Å²) in [6.07, 6.45) is 0. The zero-order valence-corrected chi connectivity index (χ0v) is 18.3. The minimum atomic E-state index is -0.752. The predicted octanol–water partition coefficient (Wildman–Crippen LogP) is 2.14. The number of likely N-dealkylation sites (N-methyl/N-ethyl adjacent to an activating group) is 1. The van der Waals surface area contributed by atoms with Crippen LogP contribution in [0.25, 0.3) is 0 Å². The van der Waals surface area contributed by atoms with Crippen molar-refractivity contribution in [1.29, 1.82) is 0 Å². The van der Waals surface area contributed by atoms with Gasteiger partial charge in [0.05, 0.1) is 30.9 Å². The molecule has 32 heavy (non-hydrogen) atoms. The number of methoxy groups -OCH3 is 2. The summed E-state index contributed by atoms with van der Waals surface area (Å²) in [5.41, 5.74) is 1.30. The topological polar surface area (TPSA) is 102 Å². The second-order valence-electron chi connectivity index (χ2n) is 7.10. The Morgan fingerprint density at radius 2 is 1.62 bits per heavy atom. The van der Waals surface area contributed by atoms with Gasteiger partial charge in [-0.2, -0.15) is 0 Å². The van der Waals surface area contributed by atoms with E-state index in [-0.39, 0.29) is 22.6 Å². The van der Waals surface area contributed by atoms with Crippen LogP contribution in [0.2, 0.25) is 0 Å². The van der Waals surface area contributed by atoms with Gasteiger partial charge in [0.2, 0.25) is 0 Å². The minimum absolute atomic E-state index is 0.0935. The molecular weight excluding hydrogens is 416 g/mol. The molecule has 0 atom stereocenters. The number of carbonyl (C=O) groups is 4. The summed E-state index contributed by atoms with van der Waals surface area (Å²) in [7, 11) is 4.45. The molecule has 1 aliphatic heterocycles. The summed E-state index contributed by atoms with van der Waals surface area (Å²) in [4.78, 5) is 51.6. The van der Waals surface area contributed by atoms with Crippen LogP contribution in [0, 0.1) is 0 Å². The first-order chi connectivity index (χ1) is 15.3. The van der Waals surface area contributed by atoms with Gasteiger partial charge in [-0.25, -0.2) is 4.79 Å². The van der Waals surface area contributed by atoms with E-state index in [1.54, 1.807) is 19.2 Å². The van der Waals surface area contributed by atoms with Crippen LogP contribution in [0.3, 0.4) is 0 Å². The van der Waals surface area contributed by atoms with Crippen molar-refractivity contribution in [3.05, 3.63) is 58.7 Å². The van der Waals surface area contributed by atoms with Gasteiger partial charge in [0.25, 0.3) is 17.7 Å². The van der Waals surface area contributed by atoms with Gasteiger partial charge in [-0.3, -0.25) is 19.3 Å². The van der Waals surface area contributed by atoms with E-state index < -0.39 is 24.4 Å². The molecule has 0 saturated carbocycles. The van der Waals surface area contributed by atoms with Crippen LogP contribution >= 0.6 is 0 Å². The zero-order valence-electron chi connectivity index (χ0n) is 18.3. The summed E-state index contributed by atoms with van der Waals surface area (Å²) in [5, 5.41) is 0. The molecular formula is C23H24N2O7. The molecule has 0 aliphatic carbocycles. The average molecular weight is 440 g/mol. The monoisotopic (exact) mass is 440 g/mol. The van der Waals surface area contributed by atoms with E-state index >= 15 is 0 Å². The highest BCUT2D eigenvalue weighted by atomic mass is 16.5. The van der Waals surface area contributed by atoms with Gasteiger partial charge in [0.15, 0.2) is 18.1 Å². The van der Waals surface area contributed by atoms with Crippen molar-refractivity contribution in [1.82, 2.24) is 9.80 Å². The van der Waals surface area contributed by atoms with E-state index in [4.69, 9.17) is 14.2 Å². The maximum absolute atomic E-state index is 12.6. The first kappa shape index (κ1) is 22.8. The highest BCUT2D eigenvalue weighted by Gasteiger charge is 2.33. The quantitative estimate of drug-likeness (QED) is 0.458. The first-order valence-corrected chi connectivity index (χ1v) is 9.92. The third kappa shape index (κ3) is 4.41. The number of fused-ring (bicyclic) bond motifs is 1. The van der Waals surface area contributed by atoms with Crippen LogP contribution < -0.4 is 9.47 Å². The number of benzene rings is 2. The molecule has 9 nitrogen and oxygen atoms in total. The van der Waals surface area contributed by atoms with Gasteiger partial charge >= 0.3 is 5.97 Å². The molecule has 0 saturated heterocycles. The van der Waals surface area contributed by atoms with E-state index in [9.17, 15) is 19.2 Å². The van der Waals surface area contributed by atoms with Gasteiger partial charge in [-0.15, -0.1) is 0 Å². The van der Waals surface area contributed by atoms with Crippen molar-refractivity contribution in [2.24, 2.45) is 0 Å². The highest BCUT2D eigenvalue weighted by molar-refractivity contribution is 6.21. The molecule has 0 aromatic heterocycles. The number of imide groups is 1. The van der Waals surface area contributed by atoms with Crippen molar-refractivity contribution < 1.29 is 33.4 Å². The molecule has 168 valence electrons.